The summed E-state index contributed by atoms with van der Waals surface area (Å²) < 4.78 is 11.1. The van der Waals surface area contributed by atoms with E-state index in [9.17, 15) is 14.9 Å². The Kier molecular flexibility index (Phi) is 4.73. The molecule has 108 valence electrons. The molecule has 2 aromatic rings. The van der Waals surface area contributed by atoms with E-state index >= 15 is 0 Å². The molecule has 0 atom stereocenters. The first-order valence-electron chi connectivity index (χ1n) is 5.81. The van der Waals surface area contributed by atoms with Crippen molar-refractivity contribution in [2.45, 2.75) is 0 Å². The minimum atomic E-state index is -0.586. The Morgan fingerprint density at radius 2 is 2.00 bits per heavy atom. The molecule has 0 N–H and O–H groups in total. The van der Waals surface area contributed by atoms with Crippen LogP contribution in [0.15, 0.2) is 42.5 Å². The zero-order chi connectivity index (χ0) is 15.4. The summed E-state index contributed by atoms with van der Waals surface area (Å²) in [6.07, 6.45) is 0. The minimum absolute atomic E-state index is 0.00935. The second-order valence-corrected chi connectivity index (χ2v) is 5.24. The highest BCUT2D eigenvalue weighted by atomic mass is 127. The van der Waals surface area contributed by atoms with Crippen LogP contribution in [0, 0.1) is 13.7 Å². The van der Waals surface area contributed by atoms with Gasteiger partial charge in [-0.25, -0.2) is 4.79 Å². The lowest BCUT2D eigenvalue weighted by Gasteiger charge is -2.08. The molecule has 0 spiro atoms. The lowest BCUT2D eigenvalue weighted by molar-refractivity contribution is -0.385. The van der Waals surface area contributed by atoms with E-state index in [4.69, 9.17) is 4.74 Å². The van der Waals surface area contributed by atoms with Gasteiger partial charge in [-0.15, -0.1) is 0 Å². The van der Waals surface area contributed by atoms with Gasteiger partial charge >= 0.3 is 11.7 Å². The van der Waals surface area contributed by atoms with Crippen molar-refractivity contribution in [3.63, 3.8) is 0 Å². The van der Waals surface area contributed by atoms with Crippen LogP contribution in [0.5, 0.6) is 11.5 Å². The van der Waals surface area contributed by atoms with Gasteiger partial charge in [0.05, 0.1) is 17.6 Å². The molecule has 0 aromatic heterocycles. The van der Waals surface area contributed by atoms with E-state index < -0.39 is 10.9 Å². The fourth-order valence-corrected chi connectivity index (χ4v) is 2.16. The normalized spacial score (nSPS) is 10.0. The van der Waals surface area contributed by atoms with Crippen LogP contribution < -0.4 is 4.74 Å². The Bertz CT molecular complexity index is 702. The van der Waals surface area contributed by atoms with Gasteiger partial charge in [0.25, 0.3) is 0 Å². The Hall–Kier alpha value is -2.16. The van der Waals surface area contributed by atoms with Crippen molar-refractivity contribution < 1.29 is 19.2 Å². The van der Waals surface area contributed by atoms with E-state index in [0.717, 1.165) is 3.57 Å². The lowest BCUT2D eigenvalue weighted by atomic mass is 10.2. The third-order valence-corrected chi connectivity index (χ3v) is 3.27. The fourth-order valence-electron chi connectivity index (χ4n) is 1.65. The predicted octanol–water partition coefficient (Wildman–Crippen LogP) is 3.78. The van der Waals surface area contributed by atoms with E-state index in [1.165, 1.54) is 25.3 Å². The smallest absolute Gasteiger partial charge is 0.337 e. The standard InChI is InChI=1S/C14H10INO5/c1-20-14(17)9-5-6-12(16(18)19)13(7-9)21-11-4-2-3-10(15)8-11/h2-8H,1H3. The second kappa shape index (κ2) is 6.53. The Morgan fingerprint density at radius 3 is 2.62 bits per heavy atom. The summed E-state index contributed by atoms with van der Waals surface area (Å²) in [7, 11) is 1.24. The Labute approximate surface area is 134 Å². The molecule has 0 aliphatic rings. The van der Waals surface area contributed by atoms with Crippen molar-refractivity contribution in [2.75, 3.05) is 7.11 Å². The molecule has 6 nitrogen and oxygen atoms in total. The number of halogens is 1. The summed E-state index contributed by atoms with van der Waals surface area (Å²) >= 11 is 2.11. The molecule has 21 heavy (non-hydrogen) atoms. The van der Waals surface area contributed by atoms with Gasteiger partial charge in [0.1, 0.15) is 5.75 Å². The number of nitrogens with zero attached hydrogens (tertiary/aromatic N) is 1. The van der Waals surface area contributed by atoms with Gasteiger partial charge in [-0.3, -0.25) is 10.1 Å². The van der Waals surface area contributed by atoms with E-state index in [1.807, 2.05) is 6.07 Å². The first kappa shape index (κ1) is 15.2. The number of nitro benzene ring substituents is 1. The van der Waals surface area contributed by atoms with Crippen molar-refractivity contribution in [3.05, 3.63) is 61.7 Å². The molecule has 0 saturated carbocycles. The van der Waals surface area contributed by atoms with Gasteiger partial charge < -0.3 is 9.47 Å². The SMILES string of the molecule is COC(=O)c1ccc([N+](=O)[O-])c(Oc2cccc(I)c2)c1. The Balaban J connectivity index is 2.43. The van der Waals surface area contributed by atoms with Gasteiger partial charge in [0.2, 0.25) is 5.75 Å². The van der Waals surface area contributed by atoms with Crippen molar-refractivity contribution in [1.82, 2.24) is 0 Å². The summed E-state index contributed by atoms with van der Waals surface area (Å²) in [6, 6.07) is 10.9. The highest BCUT2D eigenvalue weighted by molar-refractivity contribution is 14.1. The van der Waals surface area contributed by atoms with Crippen molar-refractivity contribution in [2.24, 2.45) is 0 Å². The maximum atomic E-state index is 11.5. The third kappa shape index (κ3) is 3.69. The number of carbonyl (C=O) groups excluding carboxylic acids is 1. The lowest BCUT2D eigenvalue weighted by Crippen LogP contribution is -2.02. The molecule has 0 radical (unpaired) electrons. The topological polar surface area (TPSA) is 78.7 Å². The monoisotopic (exact) mass is 399 g/mol. The predicted molar refractivity (Wildman–Crippen MR) is 83.7 cm³/mol. The molecule has 0 fully saturated rings. The van der Waals surface area contributed by atoms with Crippen LogP contribution in [-0.4, -0.2) is 18.0 Å². The van der Waals surface area contributed by atoms with Gasteiger partial charge in [0, 0.05) is 15.7 Å². The van der Waals surface area contributed by atoms with E-state index in [2.05, 4.69) is 27.3 Å². The first-order chi connectivity index (χ1) is 10.0. The molecule has 0 saturated heterocycles. The highest BCUT2D eigenvalue weighted by Gasteiger charge is 2.19. The molecule has 0 unspecified atom stereocenters. The van der Waals surface area contributed by atoms with E-state index in [0.29, 0.717) is 5.75 Å². The van der Waals surface area contributed by atoms with Crippen LogP contribution in [0.4, 0.5) is 5.69 Å². The molecule has 2 rings (SSSR count). The van der Waals surface area contributed by atoms with Gasteiger partial charge in [-0.1, -0.05) is 6.07 Å². The minimum Gasteiger partial charge on any atom is -0.465 e. The third-order valence-electron chi connectivity index (χ3n) is 2.60. The van der Waals surface area contributed by atoms with Crippen LogP contribution in [0.2, 0.25) is 0 Å². The summed E-state index contributed by atoms with van der Waals surface area (Å²) in [5.74, 6) is -0.144. The first-order valence-corrected chi connectivity index (χ1v) is 6.89. The molecule has 0 bridgehead atoms. The maximum Gasteiger partial charge on any atom is 0.337 e. The zero-order valence-electron chi connectivity index (χ0n) is 10.9. The van der Waals surface area contributed by atoms with Crippen LogP contribution in [-0.2, 0) is 4.74 Å². The van der Waals surface area contributed by atoms with Crippen LogP contribution in [0.25, 0.3) is 0 Å². The number of hydrogen-bond acceptors (Lipinski definition) is 5. The van der Waals surface area contributed by atoms with Crippen molar-refractivity contribution in [1.29, 1.82) is 0 Å². The van der Waals surface area contributed by atoms with Gasteiger partial charge in [0.15, 0.2) is 0 Å². The summed E-state index contributed by atoms with van der Waals surface area (Å²) in [4.78, 5) is 22.0. The molecular formula is C14H10INO5. The fraction of sp³-hybridized carbons (Fsp3) is 0.0714. The zero-order valence-corrected chi connectivity index (χ0v) is 13.1. The van der Waals surface area contributed by atoms with E-state index in [1.54, 1.807) is 18.2 Å². The maximum absolute atomic E-state index is 11.5. The van der Waals surface area contributed by atoms with Gasteiger partial charge in [-0.2, -0.15) is 0 Å². The van der Waals surface area contributed by atoms with Crippen LogP contribution in [0.1, 0.15) is 10.4 Å². The van der Waals surface area contributed by atoms with Crippen molar-refractivity contribution >= 4 is 34.2 Å². The highest BCUT2D eigenvalue weighted by Crippen LogP contribution is 2.32. The molecule has 0 aliphatic carbocycles. The number of ether oxygens (including phenoxy) is 2. The number of carbonyl (C=O) groups is 1. The molecule has 0 aliphatic heterocycles. The van der Waals surface area contributed by atoms with Gasteiger partial charge in [-0.05, 0) is 46.9 Å². The number of nitro groups is 1. The molecular weight excluding hydrogens is 389 g/mol. The average molecular weight is 399 g/mol. The number of benzene rings is 2. The Morgan fingerprint density at radius 1 is 1.24 bits per heavy atom. The number of methoxy groups -OCH3 is 1. The number of rotatable bonds is 4. The number of esters is 1. The van der Waals surface area contributed by atoms with E-state index in [-0.39, 0.29) is 17.0 Å². The quantitative estimate of drug-likeness (QED) is 0.339. The summed E-state index contributed by atoms with van der Waals surface area (Å²) in [5, 5.41) is 11.0. The van der Waals surface area contributed by atoms with Crippen LogP contribution >= 0.6 is 22.6 Å². The summed E-state index contributed by atoms with van der Waals surface area (Å²) in [5.41, 5.74) is -0.0368. The second-order valence-electron chi connectivity index (χ2n) is 3.99. The molecule has 2 aromatic carbocycles. The van der Waals surface area contributed by atoms with Crippen molar-refractivity contribution in [3.8, 4) is 11.5 Å². The molecule has 7 heteroatoms. The number of hydrogen-bond donors (Lipinski definition) is 0. The average Bonchev–Trinajstić information content (AvgIpc) is 2.46. The molecule has 0 amide bonds. The largest absolute Gasteiger partial charge is 0.465 e. The summed E-state index contributed by atoms with van der Waals surface area (Å²) in [6.45, 7) is 0. The molecule has 0 heterocycles. The van der Waals surface area contributed by atoms with Crippen LogP contribution in [0.3, 0.4) is 0 Å².